The molecule has 2 N–H and O–H groups in total. The number of nitrogens with one attached hydrogen (secondary N) is 1. The molecule has 0 aromatic heterocycles. The van der Waals surface area contributed by atoms with Crippen LogP contribution in [0.1, 0.15) is 26.2 Å². The molecular formula is C12H21BN4O4. The fourth-order valence-corrected chi connectivity index (χ4v) is 3.03. The Kier molecular flexibility index (Phi) is 5.30. The molecule has 0 aromatic carbocycles. The van der Waals surface area contributed by atoms with Gasteiger partial charge in [-0.1, -0.05) is 5.09 Å². The number of carbonyl (C=O) groups excluding carboxylic acids is 2. The third-order valence-electron chi connectivity index (χ3n) is 4.25. The highest BCUT2D eigenvalue weighted by Gasteiger charge is 2.38. The first-order valence-corrected chi connectivity index (χ1v) is 7.32. The lowest BCUT2D eigenvalue weighted by atomic mass is 9.73. The van der Waals surface area contributed by atoms with Crippen molar-refractivity contribution in [1.82, 2.24) is 15.1 Å². The molecule has 116 valence electrons. The molecular weight excluding hydrogens is 275 g/mol. The Morgan fingerprint density at radius 2 is 2.14 bits per heavy atom. The minimum atomic E-state index is -1.35. The first-order valence-electron chi connectivity index (χ1n) is 7.32. The van der Waals surface area contributed by atoms with Crippen LogP contribution in [-0.2, 0) is 9.59 Å². The lowest BCUT2D eigenvalue weighted by Crippen LogP contribution is -2.49. The van der Waals surface area contributed by atoms with Crippen molar-refractivity contribution in [3.05, 3.63) is 4.91 Å². The highest BCUT2D eigenvalue weighted by molar-refractivity contribution is 6.50. The number of hydrogen-bond donors (Lipinski definition) is 2. The van der Waals surface area contributed by atoms with Gasteiger partial charge in [0.1, 0.15) is 0 Å². The van der Waals surface area contributed by atoms with E-state index in [1.807, 2.05) is 0 Å². The van der Waals surface area contributed by atoms with Gasteiger partial charge in [-0.05, 0) is 19.3 Å². The number of carbonyl (C=O) groups is 2. The van der Waals surface area contributed by atoms with Crippen LogP contribution in [-0.4, -0.2) is 71.9 Å². The zero-order valence-electron chi connectivity index (χ0n) is 12.2. The van der Waals surface area contributed by atoms with E-state index in [1.165, 1.54) is 11.8 Å². The summed E-state index contributed by atoms with van der Waals surface area (Å²) in [5, 5.41) is 15.3. The molecule has 2 aliphatic heterocycles. The quantitative estimate of drug-likeness (QED) is 0.499. The minimum absolute atomic E-state index is 0.0467. The molecule has 8 nitrogen and oxygen atoms in total. The summed E-state index contributed by atoms with van der Waals surface area (Å²) in [6.07, 6.45) is 2.19. The summed E-state index contributed by atoms with van der Waals surface area (Å²) in [6, 6.07) is 0.119. The van der Waals surface area contributed by atoms with Gasteiger partial charge in [0.25, 0.3) is 0 Å². The second-order valence-corrected chi connectivity index (χ2v) is 5.65. The van der Waals surface area contributed by atoms with Crippen LogP contribution >= 0.6 is 0 Å². The van der Waals surface area contributed by atoms with Crippen molar-refractivity contribution in [1.29, 1.82) is 0 Å². The lowest BCUT2D eigenvalue weighted by Gasteiger charge is -2.24. The maximum Gasteiger partial charge on any atom is 0.506 e. The highest BCUT2D eigenvalue weighted by Crippen LogP contribution is 2.19. The zero-order valence-corrected chi connectivity index (χ0v) is 12.2. The zero-order chi connectivity index (χ0) is 15.4. The van der Waals surface area contributed by atoms with E-state index >= 15 is 0 Å². The number of hydrogen-bond acceptors (Lipinski definition) is 6. The van der Waals surface area contributed by atoms with Crippen LogP contribution < -0.4 is 5.32 Å². The van der Waals surface area contributed by atoms with Crippen molar-refractivity contribution in [3.63, 3.8) is 0 Å². The van der Waals surface area contributed by atoms with Crippen molar-refractivity contribution in [2.45, 2.75) is 38.2 Å². The fraction of sp³-hybridized carbons (Fsp3) is 0.833. The normalized spacial score (nSPS) is 25.2. The van der Waals surface area contributed by atoms with Gasteiger partial charge in [0.15, 0.2) is 0 Å². The summed E-state index contributed by atoms with van der Waals surface area (Å²) < 4.78 is 0. The van der Waals surface area contributed by atoms with Gasteiger partial charge in [-0.2, -0.15) is 4.91 Å². The number of amides is 2. The monoisotopic (exact) mass is 296 g/mol. The Hall–Kier alpha value is -1.48. The molecule has 2 amide bonds. The van der Waals surface area contributed by atoms with E-state index in [9.17, 15) is 19.5 Å². The first-order chi connectivity index (χ1) is 10.0. The summed E-state index contributed by atoms with van der Waals surface area (Å²) in [5.41, 5.74) is 0. The molecule has 2 atom stereocenters. The van der Waals surface area contributed by atoms with Crippen LogP contribution in [0, 0.1) is 4.91 Å². The molecule has 2 aliphatic rings. The van der Waals surface area contributed by atoms with E-state index in [4.69, 9.17) is 0 Å². The summed E-state index contributed by atoms with van der Waals surface area (Å²) in [7, 11) is -1.35. The number of likely N-dealkylation sites (tertiary alicyclic amines) is 2. The molecule has 2 saturated heterocycles. The molecule has 0 bridgehead atoms. The van der Waals surface area contributed by atoms with Gasteiger partial charge in [0.2, 0.25) is 11.8 Å². The van der Waals surface area contributed by atoms with Crippen LogP contribution in [0.2, 0.25) is 0 Å². The van der Waals surface area contributed by atoms with Crippen LogP contribution in [0.4, 0.5) is 0 Å². The average molecular weight is 296 g/mol. The molecule has 0 aliphatic carbocycles. The second kappa shape index (κ2) is 6.99. The highest BCUT2D eigenvalue weighted by atomic mass is 16.3. The van der Waals surface area contributed by atoms with E-state index in [-0.39, 0.29) is 24.4 Å². The minimum Gasteiger partial charge on any atom is -0.428 e. The smallest absolute Gasteiger partial charge is 0.428 e. The Morgan fingerprint density at radius 1 is 1.38 bits per heavy atom. The van der Waals surface area contributed by atoms with Crippen LogP contribution in [0.25, 0.3) is 0 Å². The molecule has 2 fully saturated rings. The number of rotatable bonds is 5. The molecule has 21 heavy (non-hydrogen) atoms. The third kappa shape index (κ3) is 3.79. The summed E-state index contributed by atoms with van der Waals surface area (Å²) >= 11 is 0. The summed E-state index contributed by atoms with van der Waals surface area (Å²) in [6.45, 7) is 3.56. The predicted molar refractivity (Wildman–Crippen MR) is 77.2 cm³/mol. The number of nitrogens with zero attached hydrogens (tertiary/aromatic N) is 3. The number of nitroso groups, excluding NO2 is 1. The summed E-state index contributed by atoms with van der Waals surface area (Å²) in [4.78, 5) is 37.1. The second-order valence-electron chi connectivity index (χ2n) is 5.65. The molecule has 0 spiro atoms. The van der Waals surface area contributed by atoms with Gasteiger partial charge in [-0.3, -0.25) is 9.59 Å². The van der Waals surface area contributed by atoms with Crippen LogP contribution in [0.3, 0.4) is 0 Å². The maximum absolute atomic E-state index is 12.2. The van der Waals surface area contributed by atoms with Gasteiger partial charge < -0.3 is 20.1 Å². The molecule has 0 unspecified atom stereocenters. The van der Waals surface area contributed by atoms with Gasteiger partial charge >= 0.3 is 7.05 Å². The van der Waals surface area contributed by atoms with Crippen molar-refractivity contribution in [3.8, 4) is 0 Å². The van der Waals surface area contributed by atoms with Crippen molar-refractivity contribution in [2.24, 2.45) is 5.09 Å². The van der Waals surface area contributed by atoms with Crippen molar-refractivity contribution >= 4 is 18.9 Å². The van der Waals surface area contributed by atoms with Crippen LogP contribution in [0.15, 0.2) is 5.09 Å². The Balaban J connectivity index is 1.79. The average Bonchev–Trinajstić information content (AvgIpc) is 3.12. The SMILES string of the molecule is CC(=O)N1CC[C@@H](NCC(=O)N2CCC[C@H]2B(O)N=O)C1. The van der Waals surface area contributed by atoms with Crippen LogP contribution in [0.5, 0.6) is 0 Å². The molecule has 2 rings (SSSR count). The van der Waals surface area contributed by atoms with E-state index in [0.29, 0.717) is 26.1 Å². The lowest BCUT2D eigenvalue weighted by molar-refractivity contribution is -0.130. The van der Waals surface area contributed by atoms with Gasteiger partial charge in [-0.25, -0.2) is 0 Å². The van der Waals surface area contributed by atoms with Gasteiger partial charge in [-0.15, -0.1) is 0 Å². The third-order valence-corrected chi connectivity index (χ3v) is 4.25. The molecule has 0 radical (unpaired) electrons. The van der Waals surface area contributed by atoms with E-state index in [2.05, 4.69) is 10.4 Å². The van der Waals surface area contributed by atoms with E-state index < -0.39 is 13.0 Å². The van der Waals surface area contributed by atoms with Gasteiger partial charge in [0.05, 0.1) is 12.5 Å². The first kappa shape index (κ1) is 15.9. The molecule has 0 aromatic rings. The fourth-order valence-electron chi connectivity index (χ4n) is 3.03. The van der Waals surface area contributed by atoms with Crippen molar-refractivity contribution in [2.75, 3.05) is 26.2 Å². The maximum atomic E-state index is 12.2. The Labute approximate surface area is 124 Å². The standard InChI is InChI=1S/C12H21BN4O4/c1-9(18)16-6-4-10(8-16)14-7-12(19)17-5-2-3-11(17)13(20)15-21/h10-11,14,20H,2-8H2,1H3/t10-,11+/m1/s1. The van der Waals surface area contributed by atoms with Crippen molar-refractivity contribution < 1.29 is 14.6 Å². The molecule has 2 heterocycles. The predicted octanol–water partition coefficient (Wildman–Crippen LogP) is -1.03. The van der Waals surface area contributed by atoms with Gasteiger partial charge in [0, 0.05) is 32.6 Å². The Morgan fingerprint density at radius 3 is 2.76 bits per heavy atom. The van der Waals surface area contributed by atoms with E-state index in [0.717, 1.165) is 12.8 Å². The molecule has 9 heteroatoms. The summed E-state index contributed by atoms with van der Waals surface area (Å²) in [5.74, 6) is -0.596. The van der Waals surface area contributed by atoms with E-state index in [1.54, 1.807) is 4.90 Å². The Bertz CT molecular complexity index is 422. The largest absolute Gasteiger partial charge is 0.506 e. The topological polar surface area (TPSA) is 102 Å². The molecule has 0 saturated carbocycles.